The fraction of sp³-hybridized carbons (Fsp3) is 0.533. The molecule has 1 aromatic carbocycles. The van der Waals surface area contributed by atoms with Crippen molar-refractivity contribution in [2.75, 3.05) is 13.1 Å². The van der Waals surface area contributed by atoms with Crippen LogP contribution in [0, 0.1) is 11.7 Å². The first-order valence-electron chi connectivity index (χ1n) is 7.14. The number of benzene rings is 1. The molecule has 2 atom stereocenters. The van der Waals surface area contributed by atoms with Gasteiger partial charge < -0.3 is 16.4 Å². The van der Waals surface area contributed by atoms with Gasteiger partial charge in [0, 0.05) is 12.6 Å². The Labute approximate surface area is 118 Å². The molecule has 2 amide bonds. The average molecular weight is 279 g/mol. The molecule has 0 aliphatic carbocycles. The van der Waals surface area contributed by atoms with Crippen LogP contribution in [0.1, 0.15) is 24.8 Å². The van der Waals surface area contributed by atoms with E-state index < -0.39 is 6.03 Å². The van der Waals surface area contributed by atoms with E-state index in [0.29, 0.717) is 18.5 Å². The molecule has 1 fully saturated rings. The minimum atomic E-state index is -0.469. The van der Waals surface area contributed by atoms with Crippen molar-refractivity contribution in [1.29, 1.82) is 0 Å². The standard InChI is InChI=1S/C15H22FN3O/c16-13-3-1-11(2-4-13)9-12-5-7-18-14(10-12)6-8-19-15(17)20/h1-4,12,14,18H,5-10H2,(H3,17,19,20). The molecule has 2 rings (SSSR count). The van der Waals surface area contributed by atoms with E-state index in [0.717, 1.165) is 32.2 Å². The summed E-state index contributed by atoms with van der Waals surface area (Å²) in [4.78, 5) is 10.6. The Morgan fingerprint density at radius 1 is 1.40 bits per heavy atom. The van der Waals surface area contributed by atoms with Crippen LogP contribution in [0.15, 0.2) is 24.3 Å². The van der Waals surface area contributed by atoms with Gasteiger partial charge in [-0.25, -0.2) is 9.18 Å². The van der Waals surface area contributed by atoms with E-state index in [1.807, 2.05) is 12.1 Å². The van der Waals surface area contributed by atoms with E-state index in [9.17, 15) is 9.18 Å². The van der Waals surface area contributed by atoms with Crippen molar-refractivity contribution in [1.82, 2.24) is 10.6 Å². The minimum Gasteiger partial charge on any atom is -0.352 e. The molecule has 0 radical (unpaired) electrons. The lowest BCUT2D eigenvalue weighted by Crippen LogP contribution is -2.41. The second-order valence-corrected chi connectivity index (χ2v) is 5.45. The van der Waals surface area contributed by atoms with Crippen LogP contribution in [-0.4, -0.2) is 25.2 Å². The summed E-state index contributed by atoms with van der Waals surface area (Å²) in [6, 6.07) is 6.71. The number of nitrogens with one attached hydrogen (secondary N) is 2. The fourth-order valence-corrected chi connectivity index (χ4v) is 2.82. The normalized spacial score (nSPS) is 22.4. The van der Waals surface area contributed by atoms with Crippen molar-refractivity contribution in [3.8, 4) is 0 Å². The van der Waals surface area contributed by atoms with Crippen LogP contribution in [0.3, 0.4) is 0 Å². The van der Waals surface area contributed by atoms with Gasteiger partial charge in [-0.05, 0) is 55.8 Å². The zero-order valence-corrected chi connectivity index (χ0v) is 11.6. The zero-order valence-electron chi connectivity index (χ0n) is 11.6. The topological polar surface area (TPSA) is 67.2 Å². The first-order valence-corrected chi connectivity index (χ1v) is 7.14. The number of hydrogen-bond acceptors (Lipinski definition) is 2. The van der Waals surface area contributed by atoms with Crippen molar-refractivity contribution in [2.24, 2.45) is 11.7 Å². The number of rotatable bonds is 5. The van der Waals surface area contributed by atoms with E-state index in [2.05, 4.69) is 10.6 Å². The van der Waals surface area contributed by atoms with Gasteiger partial charge >= 0.3 is 6.03 Å². The number of nitrogens with two attached hydrogens (primary N) is 1. The van der Waals surface area contributed by atoms with Crippen molar-refractivity contribution >= 4 is 6.03 Å². The number of halogens is 1. The summed E-state index contributed by atoms with van der Waals surface area (Å²) in [7, 11) is 0. The third-order valence-electron chi connectivity index (χ3n) is 3.83. The summed E-state index contributed by atoms with van der Waals surface area (Å²) in [5.41, 5.74) is 6.24. The number of carbonyl (C=O) groups excluding carboxylic acids is 1. The van der Waals surface area contributed by atoms with E-state index >= 15 is 0 Å². The van der Waals surface area contributed by atoms with Gasteiger partial charge in [-0.15, -0.1) is 0 Å². The van der Waals surface area contributed by atoms with Gasteiger partial charge in [0.1, 0.15) is 5.82 Å². The molecule has 1 heterocycles. The van der Waals surface area contributed by atoms with Crippen LogP contribution in [0.4, 0.5) is 9.18 Å². The van der Waals surface area contributed by atoms with E-state index in [1.54, 1.807) is 0 Å². The molecule has 4 nitrogen and oxygen atoms in total. The van der Waals surface area contributed by atoms with Crippen LogP contribution in [0.25, 0.3) is 0 Å². The van der Waals surface area contributed by atoms with Crippen LogP contribution in [0.2, 0.25) is 0 Å². The molecule has 110 valence electrons. The molecule has 0 spiro atoms. The van der Waals surface area contributed by atoms with Crippen LogP contribution >= 0.6 is 0 Å². The van der Waals surface area contributed by atoms with Crippen molar-refractivity contribution in [2.45, 2.75) is 31.7 Å². The highest BCUT2D eigenvalue weighted by molar-refractivity contribution is 5.71. The van der Waals surface area contributed by atoms with E-state index in [4.69, 9.17) is 5.73 Å². The molecule has 1 aliphatic heterocycles. The Morgan fingerprint density at radius 3 is 2.85 bits per heavy atom. The largest absolute Gasteiger partial charge is 0.352 e. The molecule has 0 aromatic heterocycles. The van der Waals surface area contributed by atoms with Gasteiger partial charge in [0.25, 0.3) is 0 Å². The summed E-state index contributed by atoms with van der Waals surface area (Å²) in [6.07, 6.45) is 4.10. The second kappa shape index (κ2) is 7.24. The molecule has 1 saturated heterocycles. The number of urea groups is 1. The molecule has 2 unspecified atom stereocenters. The predicted octanol–water partition coefficient (Wildman–Crippen LogP) is 1.79. The number of amides is 2. The highest BCUT2D eigenvalue weighted by Gasteiger charge is 2.21. The third-order valence-corrected chi connectivity index (χ3v) is 3.83. The van der Waals surface area contributed by atoms with Crippen LogP contribution < -0.4 is 16.4 Å². The SMILES string of the molecule is NC(=O)NCCC1CC(Cc2ccc(F)cc2)CCN1. The minimum absolute atomic E-state index is 0.186. The van der Waals surface area contributed by atoms with Crippen molar-refractivity contribution < 1.29 is 9.18 Å². The predicted molar refractivity (Wildman–Crippen MR) is 76.8 cm³/mol. The molecule has 4 N–H and O–H groups in total. The maximum Gasteiger partial charge on any atom is 0.312 e. The summed E-state index contributed by atoms with van der Waals surface area (Å²) in [5.74, 6) is 0.426. The van der Waals surface area contributed by atoms with Gasteiger partial charge in [-0.1, -0.05) is 12.1 Å². The summed E-state index contributed by atoms with van der Waals surface area (Å²) < 4.78 is 12.9. The maximum absolute atomic E-state index is 12.9. The van der Waals surface area contributed by atoms with Gasteiger partial charge in [0.05, 0.1) is 0 Å². The second-order valence-electron chi connectivity index (χ2n) is 5.45. The summed E-state index contributed by atoms with van der Waals surface area (Å²) in [5, 5.41) is 6.09. The summed E-state index contributed by atoms with van der Waals surface area (Å²) >= 11 is 0. The smallest absolute Gasteiger partial charge is 0.312 e. The highest BCUT2D eigenvalue weighted by Crippen LogP contribution is 2.22. The Bertz CT molecular complexity index is 435. The van der Waals surface area contributed by atoms with E-state index in [1.165, 1.54) is 17.7 Å². The molecule has 0 bridgehead atoms. The van der Waals surface area contributed by atoms with Crippen molar-refractivity contribution in [3.05, 3.63) is 35.6 Å². The number of piperidine rings is 1. The van der Waals surface area contributed by atoms with E-state index in [-0.39, 0.29) is 5.82 Å². The van der Waals surface area contributed by atoms with Crippen molar-refractivity contribution in [3.63, 3.8) is 0 Å². The van der Waals surface area contributed by atoms with Crippen LogP contribution in [0.5, 0.6) is 0 Å². The molecule has 1 aromatic rings. The lowest BCUT2D eigenvalue weighted by molar-refractivity contribution is 0.246. The number of carbonyl (C=O) groups is 1. The third kappa shape index (κ3) is 4.81. The fourth-order valence-electron chi connectivity index (χ4n) is 2.82. The Balaban J connectivity index is 1.78. The number of primary amides is 1. The lowest BCUT2D eigenvalue weighted by atomic mass is 9.86. The molecular weight excluding hydrogens is 257 g/mol. The number of hydrogen-bond donors (Lipinski definition) is 3. The Kier molecular flexibility index (Phi) is 5.35. The van der Waals surface area contributed by atoms with Crippen LogP contribution in [-0.2, 0) is 6.42 Å². The molecule has 20 heavy (non-hydrogen) atoms. The maximum atomic E-state index is 12.9. The monoisotopic (exact) mass is 279 g/mol. The lowest BCUT2D eigenvalue weighted by Gasteiger charge is -2.30. The molecule has 1 aliphatic rings. The molecule has 5 heteroatoms. The highest BCUT2D eigenvalue weighted by atomic mass is 19.1. The van der Waals surface area contributed by atoms with Gasteiger partial charge in [-0.2, -0.15) is 0 Å². The van der Waals surface area contributed by atoms with Gasteiger partial charge in [0.15, 0.2) is 0 Å². The molecular formula is C15H22FN3O. The quantitative estimate of drug-likeness (QED) is 0.769. The zero-order chi connectivity index (χ0) is 14.4. The van der Waals surface area contributed by atoms with Gasteiger partial charge in [0.2, 0.25) is 0 Å². The summed E-state index contributed by atoms with van der Waals surface area (Å²) in [6.45, 7) is 1.60. The van der Waals surface area contributed by atoms with Gasteiger partial charge in [-0.3, -0.25) is 0 Å². The first-order chi connectivity index (χ1) is 9.63. The average Bonchev–Trinajstić information content (AvgIpc) is 2.41. The Morgan fingerprint density at radius 2 is 2.15 bits per heavy atom. The molecule has 0 saturated carbocycles. The first kappa shape index (κ1) is 14.8. The Hall–Kier alpha value is -1.62.